The van der Waals surface area contributed by atoms with Crippen molar-refractivity contribution in [2.24, 2.45) is 0 Å². The molecule has 0 aliphatic carbocycles. The van der Waals surface area contributed by atoms with E-state index >= 15 is 0 Å². The third kappa shape index (κ3) is 2.74. The Labute approximate surface area is 95.0 Å². The summed E-state index contributed by atoms with van der Waals surface area (Å²) in [5.74, 6) is -0.287. The van der Waals surface area contributed by atoms with Gasteiger partial charge in [-0.2, -0.15) is 5.26 Å². The third-order valence-electron chi connectivity index (χ3n) is 2.37. The van der Waals surface area contributed by atoms with Crippen LogP contribution in [0.5, 0.6) is 0 Å². The lowest BCUT2D eigenvalue weighted by Crippen LogP contribution is -2.26. The Morgan fingerprint density at radius 2 is 2.25 bits per heavy atom. The van der Waals surface area contributed by atoms with Crippen LogP contribution in [0.15, 0.2) is 18.2 Å². The van der Waals surface area contributed by atoms with Gasteiger partial charge in [-0.1, -0.05) is 0 Å². The van der Waals surface area contributed by atoms with E-state index in [9.17, 15) is 4.79 Å². The van der Waals surface area contributed by atoms with E-state index < -0.39 is 0 Å². The maximum atomic E-state index is 11.1. The molecule has 0 spiro atoms. The molecule has 0 aliphatic rings. The highest BCUT2D eigenvalue weighted by Crippen LogP contribution is 2.17. The summed E-state index contributed by atoms with van der Waals surface area (Å²) >= 11 is 0. The molecule has 0 unspecified atom stereocenters. The Hall–Kier alpha value is -2.02. The van der Waals surface area contributed by atoms with Crippen LogP contribution in [0.4, 0.5) is 5.69 Å². The Morgan fingerprint density at radius 3 is 2.75 bits per heavy atom. The Bertz CT molecular complexity index is 435. The molecule has 0 atom stereocenters. The number of carbonyl (C=O) groups excluding carboxylic acids is 1. The number of carbonyl (C=O) groups is 1. The lowest BCUT2D eigenvalue weighted by atomic mass is 10.1. The first kappa shape index (κ1) is 12.1. The van der Waals surface area contributed by atoms with Crippen molar-refractivity contribution in [1.82, 2.24) is 0 Å². The summed E-state index contributed by atoms with van der Waals surface area (Å²) in [6.45, 7) is 2.07. The highest BCUT2D eigenvalue weighted by molar-refractivity contribution is 5.75. The van der Waals surface area contributed by atoms with Gasteiger partial charge in [0.05, 0.1) is 18.7 Å². The first-order chi connectivity index (χ1) is 7.58. The molecule has 1 rings (SSSR count). The number of hydrogen-bond acceptors (Lipinski definition) is 4. The zero-order valence-electron chi connectivity index (χ0n) is 9.65. The third-order valence-corrected chi connectivity index (χ3v) is 2.37. The van der Waals surface area contributed by atoms with E-state index in [1.54, 1.807) is 18.0 Å². The highest BCUT2D eigenvalue weighted by atomic mass is 16.5. The molecule has 0 aliphatic heterocycles. The minimum absolute atomic E-state index is 0.196. The van der Waals surface area contributed by atoms with Gasteiger partial charge in [0.1, 0.15) is 6.54 Å². The Balaban J connectivity index is 2.85. The van der Waals surface area contributed by atoms with Crippen LogP contribution in [0.25, 0.3) is 0 Å². The van der Waals surface area contributed by atoms with Gasteiger partial charge >= 0.3 is 5.97 Å². The molecule has 4 heteroatoms. The normalized spacial score (nSPS) is 9.38. The van der Waals surface area contributed by atoms with Gasteiger partial charge in [0.15, 0.2) is 0 Å². The number of anilines is 1. The van der Waals surface area contributed by atoms with Gasteiger partial charge in [-0.3, -0.25) is 4.79 Å². The summed E-state index contributed by atoms with van der Waals surface area (Å²) < 4.78 is 4.58. The average molecular weight is 218 g/mol. The van der Waals surface area contributed by atoms with Crippen LogP contribution in [0.3, 0.4) is 0 Å². The summed E-state index contributed by atoms with van der Waals surface area (Å²) in [6, 6.07) is 7.54. The second kappa shape index (κ2) is 5.17. The topological polar surface area (TPSA) is 53.3 Å². The van der Waals surface area contributed by atoms with Crippen LogP contribution < -0.4 is 4.90 Å². The molecule has 0 bridgehead atoms. The van der Waals surface area contributed by atoms with Gasteiger partial charge in [-0.25, -0.2) is 0 Å². The SMILES string of the molecule is COC(=O)CN(C)c1ccc(C#N)c(C)c1. The molecule has 0 saturated carbocycles. The molecule has 0 radical (unpaired) electrons. The molecule has 1 aromatic carbocycles. The number of nitrogens with zero attached hydrogens (tertiary/aromatic N) is 2. The molecule has 1 aromatic rings. The van der Waals surface area contributed by atoms with Crippen molar-refractivity contribution >= 4 is 11.7 Å². The number of likely N-dealkylation sites (N-methyl/N-ethyl adjacent to an activating group) is 1. The molecule has 0 saturated heterocycles. The van der Waals surface area contributed by atoms with Crippen LogP contribution in [-0.2, 0) is 9.53 Å². The van der Waals surface area contributed by atoms with E-state index in [1.165, 1.54) is 7.11 Å². The number of nitriles is 1. The lowest BCUT2D eigenvalue weighted by Gasteiger charge is -2.18. The van der Waals surface area contributed by atoms with Gasteiger partial charge in [0.25, 0.3) is 0 Å². The number of hydrogen-bond donors (Lipinski definition) is 0. The van der Waals surface area contributed by atoms with Crippen molar-refractivity contribution in [2.75, 3.05) is 25.6 Å². The van der Waals surface area contributed by atoms with E-state index in [0.29, 0.717) is 5.56 Å². The fourth-order valence-corrected chi connectivity index (χ4v) is 1.36. The fraction of sp³-hybridized carbons (Fsp3) is 0.333. The monoisotopic (exact) mass is 218 g/mol. The van der Waals surface area contributed by atoms with Gasteiger partial charge in [-0.05, 0) is 30.7 Å². The predicted molar refractivity (Wildman–Crippen MR) is 61.2 cm³/mol. The molecular formula is C12H14N2O2. The first-order valence-electron chi connectivity index (χ1n) is 4.87. The molecule has 0 aromatic heterocycles. The number of rotatable bonds is 3. The van der Waals surface area contributed by atoms with Crippen molar-refractivity contribution in [2.45, 2.75) is 6.92 Å². The largest absolute Gasteiger partial charge is 0.468 e. The highest BCUT2D eigenvalue weighted by Gasteiger charge is 2.08. The summed E-state index contributed by atoms with van der Waals surface area (Å²) in [6.07, 6.45) is 0. The number of ether oxygens (including phenoxy) is 1. The van der Waals surface area contributed by atoms with Crippen molar-refractivity contribution < 1.29 is 9.53 Å². The molecular weight excluding hydrogens is 204 g/mol. The van der Waals surface area contributed by atoms with Crippen molar-refractivity contribution in [3.05, 3.63) is 29.3 Å². The molecule has 0 fully saturated rings. The van der Waals surface area contributed by atoms with Crippen LogP contribution in [0, 0.1) is 18.3 Å². The van der Waals surface area contributed by atoms with E-state index in [0.717, 1.165) is 11.3 Å². The van der Waals surface area contributed by atoms with Crippen molar-refractivity contribution in [3.8, 4) is 6.07 Å². The van der Waals surface area contributed by atoms with E-state index in [2.05, 4.69) is 10.8 Å². The summed E-state index contributed by atoms with van der Waals surface area (Å²) in [5, 5.41) is 8.79. The zero-order valence-corrected chi connectivity index (χ0v) is 9.65. The maximum absolute atomic E-state index is 11.1. The Kier molecular flexibility index (Phi) is 3.90. The van der Waals surface area contributed by atoms with E-state index in [-0.39, 0.29) is 12.5 Å². The maximum Gasteiger partial charge on any atom is 0.325 e. The quantitative estimate of drug-likeness (QED) is 0.721. The lowest BCUT2D eigenvalue weighted by molar-refractivity contribution is -0.138. The standard InChI is InChI=1S/C12H14N2O2/c1-9-6-11(5-4-10(9)7-13)14(2)8-12(15)16-3/h4-6H,8H2,1-3H3. The van der Waals surface area contributed by atoms with E-state index in [1.807, 2.05) is 19.1 Å². The number of esters is 1. The number of aryl methyl sites for hydroxylation is 1. The average Bonchev–Trinajstić information content (AvgIpc) is 2.28. The van der Waals surface area contributed by atoms with Crippen LogP contribution in [0.2, 0.25) is 0 Å². The van der Waals surface area contributed by atoms with E-state index in [4.69, 9.17) is 5.26 Å². The smallest absolute Gasteiger partial charge is 0.325 e. The molecule has 16 heavy (non-hydrogen) atoms. The molecule has 0 amide bonds. The minimum Gasteiger partial charge on any atom is -0.468 e. The summed E-state index contributed by atoms with van der Waals surface area (Å²) in [4.78, 5) is 12.9. The zero-order chi connectivity index (χ0) is 12.1. The van der Waals surface area contributed by atoms with Gasteiger partial charge < -0.3 is 9.64 Å². The minimum atomic E-state index is -0.287. The second-order valence-electron chi connectivity index (χ2n) is 3.54. The predicted octanol–water partition coefficient (Wildman–Crippen LogP) is 1.48. The summed E-state index contributed by atoms with van der Waals surface area (Å²) in [7, 11) is 3.16. The molecule has 0 heterocycles. The number of benzene rings is 1. The molecule has 0 N–H and O–H groups in total. The first-order valence-corrected chi connectivity index (χ1v) is 4.87. The van der Waals surface area contributed by atoms with Gasteiger partial charge in [0.2, 0.25) is 0 Å². The second-order valence-corrected chi connectivity index (χ2v) is 3.54. The van der Waals surface area contributed by atoms with Crippen LogP contribution in [-0.4, -0.2) is 26.7 Å². The molecule has 4 nitrogen and oxygen atoms in total. The number of methoxy groups -OCH3 is 1. The molecule has 84 valence electrons. The van der Waals surface area contributed by atoms with Gasteiger partial charge in [-0.15, -0.1) is 0 Å². The van der Waals surface area contributed by atoms with Crippen molar-refractivity contribution in [3.63, 3.8) is 0 Å². The fourth-order valence-electron chi connectivity index (χ4n) is 1.36. The van der Waals surface area contributed by atoms with Crippen LogP contribution in [0.1, 0.15) is 11.1 Å². The van der Waals surface area contributed by atoms with Gasteiger partial charge in [0, 0.05) is 12.7 Å². The van der Waals surface area contributed by atoms with Crippen LogP contribution >= 0.6 is 0 Å². The summed E-state index contributed by atoms with van der Waals surface area (Å²) in [5.41, 5.74) is 2.44. The van der Waals surface area contributed by atoms with Crippen molar-refractivity contribution in [1.29, 1.82) is 5.26 Å². The Morgan fingerprint density at radius 1 is 1.56 bits per heavy atom.